The van der Waals surface area contributed by atoms with Crippen LogP contribution in [0.3, 0.4) is 0 Å². The molecule has 0 bridgehead atoms. The van der Waals surface area contributed by atoms with E-state index >= 15 is 0 Å². The summed E-state index contributed by atoms with van der Waals surface area (Å²) in [5.41, 5.74) is 10.9. The van der Waals surface area contributed by atoms with Gasteiger partial charge in [-0.2, -0.15) is 0 Å². The molecular formula is C52H85N11O19. The predicted molar refractivity (Wildman–Crippen MR) is 287 cm³/mol. The summed E-state index contributed by atoms with van der Waals surface area (Å²) in [5, 5.41) is 84.9. The molecule has 0 aromatic heterocycles. The summed E-state index contributed by atoms with van der Waals surface area (Å²) in [6.45, 7) is 3.64. The van der Waals surface area contributed by atoms with Crippen molar-refractivity contribution in [1.82, 2.24) is 41.3 Å². The minimum Gasteiger partial charge on any atom is -0.479 e. The molecule has 4 saturated heterocycles. The Kier molecular flexibility index (Phi) is 27.1. The zero-order chi connectivity index (χ0) is 61.0. The molecule has 13 atom stereocenters. The predicted octanol–water partition coefficient (Wildman–Crippen LogP) is -4.46. The van der Waals surface area contributed by atoms with Crippen LogP contribution in [0.5, 0.6) is 0 Å². The molecule has 0 aromatic carbocycles. The molecule has 4 aliphatic heterocycles. The van der Waals surface area contributed by atoms with Crippen molar-refractivity contribution in [3.8, 4) is 0 Å². The van der Waals surface area contributed by atoms with Gasteiger partial charge in [-0.1, -0.05) is 65.2 Å². The molecule has 0 unspecified atom stereocenters. The van der Waals surface area contributed by atoms with E-state index in [-0.39, 0.29) is 77.0 Å². The Balaban J connectivity index is 1.76. The number of carboxylic acids is 2. The van der Waals surface area contributed by atoms with E-state index in [9.17, 15) is 88.5 Å². The number of aliphatic hydroxyl groups is 5. The average molecular weight is 1170 g/mol. The van der Waals surface area contributed by atoms with Crippen molar-refractivity contribution in [2.24, 2.45) is 22.4 Å². The number of aliphatic carboxylic acids is 2. The van der Waals surface area contributed by atoms with Crippen LogP contribution in [0, 0.1) is 5.92 Å². The molecule has 30 nitrogen and oxygen atoms in total. The number of cyclic esters (lactones) is 1. The number of esters is 1. The van der Waals surface area contributed by atoms with Crippen LogP contribution in [0.1, 0.15) is 136 Å². The molecule has 462 valence electrons. The number of ether oxygens (including phenoxy) is 1. The third kappa shape index (κ3) is 19.4. The van der Waals surface area contributed by atoms with Gasteiger partial charge in [-0.25, -0.2) is 14.4 Å². The molecule has 4 heterocycles. The van der Waals surface area contributed by atoms with Gasteiger partial charge in [0.05, 0.1) is 25.2 Å². The van der Waals surface area contributed by atoms with E-state index < -0.39 is 164 Å². The lowest BCUT2D eigenvalue weighted by Gasteiger charge is -2.34. The number of aliphatic imine (C=N–C) groups is 1. The second-order valence-electron chi connectivity index (χ2n) is 21.9. The van der Waals surface area contributed by atoms with Gasteiger partial charge in [0, 0.05) is 26.2 Å². The standard InChI is InChI=1S/C52H85N11O19/c1-27(2)15-10-8-6-4-5-7-9-11-16-29-25-35(67)58-36(28(3)65)48(76)62-23-14-19-33(62)47(75)61-22-13-18-32(61)43(71)56-30(17-12-21-55-52(53)54)42(70)59-37(40(68)49(77)78)44(72)57-31(26-64)46(74)63-24-20-34(66)39(63)45(73)60-38(51(81)82-29)41(69)50(79)80/h27-34,36-41,64-66,68-69H,4-26H2,1-3H3,(H,56,71)(H,57,72)(H,58,67)(H,59,70)(H,60,73)(H,77,78)(H,79,80)(H4,53,54,55)/t28-,29-,30-,31+,32-,33+,34-,36-,37-,38-,39+,40+,41+/m0/s1. The highest BCUT2D eigenvalue weighted by Crippen LogP contribution is 2.27. The molecule has 8 amide bonds. The van der Waals surface area contributed by atoms with E-state index in [1.54, 1.807) is 0 Å². The lowest BCUT2D eigenvalue weighted by molar-refractivity contribution is -0.165. The summed E-state index contributed by atoms with van der Waals surface area (Å²) in [6.07, 6.45) is -3.13. The summed E-state index contributed by atoms with van der Waals surface area (Å²) in [5.74, 6) is -14.5. The molecule has 0 saturated carbocycles. The molecule has 0 spiro atoms. The van der Waals surface area contributed by atoms with Gasteiger partial charge in [-0.15, -0.1) is 0 Å². The van der Waals surface area contributed by atoms with E-state index in [2.05, 4.69) is 34.8 Å². The van der Waals surface area contributed by atoms with Crippen molar-refractivity contribution in [2.75, 3.05) is 32.8 Å². The number of unbranched alkanes of at least 4 members (excludes halogenated alkanes) is 7. The molecule has 16 N–H and O–H groups in total. The topological polar surface area (TPSA) is 473 Å². The van der Waals surface area contributed by atoms with Crippen LogP contribution in [0.25, 0.3) is 0 Å². The number of carboxylic acid groups (broad SMARTS) is 2. The third-order valence-electron chi connectivity index (χ3n) is 15.0. The number of nitrogens with zero attached hydrogens (tertiary/aromatic N) is 4. The molecule has 0 radical (unpaired) electrons. The van der Waals surface area contributed by atoms with E-state index in [4.69, 9.17) is 16.2 Å². The Hall–Kier alpha value is -6.76. The van der Waals surface area contributed by atoms with Gasteiger partial charge in [0.25, 0.3) is 0 Å². The van der Waals surface area contributed by atoms with Crippen LogP contribution in [0.15, 0.2) is 4.99 Å². The highest BCUT2D eigenvalue weighted by atomic mass is 16.5. The highest BCUT2D eigenvalue weighted by molar-refractivity contribution is 6.00. The molecule has 4 aliphatic rings. The van der Waals surface area contributed by atoms with Gasteiger partial charge < -0.3 is 93.2 Å². The zero-order valence-electron chi connectivity index (χ0n) is 46.8. The number of carbonyl (C=O) groups is 11. The van der Waals surface area contributed by atoms with Crippen molar-refractivity contribution in [1.29, 1.82) is 0 Å². The van der Waals surface area contributed by atoms with Gasteiger partial charge in [0.15, 0.2) is 24.2 Å². The molecule has 4 rings (SSSR count). The van der Waals surface area contributed by atoms with E-state index in [1.165, 1.54) is 11.8 Å². The maximum Gasteiger partial charge on any atom is 0.335 e. The number of aliphatic hydroxyl groups excluding tert-OH is 5. The maximum atomic E-state index is 14.5. The number of rotatable bonds is 21. The maximum absolute atomic E-state index is 14.5. The van der Waals surface area contributed by atoms with Crippen LogP contribution in [0.2, 0.25) is 0 Å². The monoisotopic (exact) mass is 1170 g/mol. The fraction of sp³-hybridized carbons (Fsp3) is 0.769. The van der Waals surface area contributed by atoms with Crippen molar-refractivity contribution < 1.29 is 93.2 Å². The molecule has 30 heteroatoms. The molecule has 4 fully saturated rings. The first-order chi connectivity index (χ1) is 38.8. The number of nitrogens with one attached hydrogen (secondary N) is 5. The summed E-state index contributed by atoms with van der Waals surface area (Å²) >= 11 is 0. The Bertz CT molecular complexity index is 2290. The van der Waals surface area contributed by atoms with Gasteiger partial charge >= 0.3 is 17.9 Å². The summed E-state index contributed by atoms with van der Waals surface area (Å²) in [6, 6.07) is -14.9. The summed E-state index contributed by atoms with van der Waals surface area (Å²) in [4.78, 5) is 159. The number of guanidine groups is 1. The molecule has 0 aromatic rings. The number of amides is 8. The van der Waals surface area contributed by atoms with E-state index in [0.717, 1.165) is 49.8 Å². The number of fused-ring (bicyclic) bond motifs is 3. The number of hydrogen-bond donors (Lipinski definition) is 14. The van der Waals surface area contributed by atoms with Crippen molar-refractivity contribution in [2.45, 2.75) is 215 Å². The fourth-order valence-electron chi connectivity index (χ4n) is 10.6. The van der Waals surface area contributed by atoms with Crippen LogP contribution < -0.4 is 38.1 Å². The smallest absolute Gasteiger partial charge is 0.335 e. The second kappa shape index (κ2) is 32.8. The SMILES string of the molecule is CC(C)CCCCCCCCCC[C@H]1CC(=O)N[C@@H]([C@H](C)O)C(=O)N2CCC[C@@H]2C(=O)N2CCC[C@H]2C(=O)N[C@@H](CCCN=C(N)N)C(=O)N[C@@H]([C@@H](O)C(=O)O)C(=O)N[C@H](CO)C(=O)N2CC[C@H](O)[C@@H]2C(=O)N[C@@H]([C@@H](O)C(=O)O)C(=O)O1. The molecular weight excluding hydrogens is 1080 g/mol. The Morgan fingerprint density at radius 1 is 0.610 bits per heavy atom. The summed E-state index contributed by atoms with van der Waals surface area (Å²) < 4.78 is 5.67. The lowest BCUT2D eigenvalue weighted by Crippen LogP contribution is -2.64. The minimum atomic E-state index is -2.76. The highest BCUT2D eigenvalue weighted by Gasteiger charge is 2.48. The van der Waals surface area contributed by atoms with Crippen LogP contribution >= 0.6 is 0 Å². The lowest BCUT2D eigenvalue weighted by atomic mass is 10.0. The Morgan fingerprint density at radius 3 is 1.76 bits per heavy atom. The largest absolute Gasteiger partial charge is 0.479 e. The van der Waals surface area contributed by atoms with E-state index in [1.807, 2.05) is 10.6 Å². The minimum absolute atomic E-state index is 0.00881. The van der Waals surface area contributed by atoms with Crippen LogP contribution in [0.4, 0.5) is 0 Å². The van der Waals surface area contributed by atoms with Crippen molar-refractivity contribution in [3.63, 3.8) is 0 Å². The normalized spacial score (nSPS) is 28.0. The Labute approximate surface area is 474 Å². The average Bonchev–Trinajstić information content (AvgIpc) is 4.40. The first kappa shape index (κ1) is 67.7. The summed E-state index contributed by atoms with van der Waals surface area (Å²) in [7, 11) is 0. The first-order valence-electron chi connectivity index (χ1n) is 28.3. The second-order valence-corrected chi connectivity index (χ2v) is 21.9. The number of carbonyl (C=O) groups excluding carboxylic acids is 9. The van der Waals surface area contributed by atoms with E-state index in [0.29, 0.717) is 23.7 Å². The van der Waals surface area contributed by atoms with Gasteiger partial charge in [-0.05, 0) is 70.6 Å². The number of nitrogens with two attached hydrogens (primary N) is 2. The van der Waals surface area contributed by atoms with Gasteiger partial charge in [0.2, 0.25) is 47.3 Å². The van der Waals surface area contributed by atoms with Gasteiger partial charge in [-0.3, -0.25) is 43.3 Å². The van der Waals surface area contributed by atoms with Crippen molar-refractivity contribution in [3.05, 3.63) is 0 Å². The third-order valence-corrected chi connectivity index (χ3v) is 15.0. The zero-order valence-corrected chi connectivity index (χ0v) is 46.8. The quantitative estimate of drug-likeness (QED) is 0.0223. The van der Waals surface area contributed by atoms with Crippen LogP contribution in [-0.2, 0) is 57.5 Å². The fourth-order valence-corrected chi connectivity index (χ4v) is 10.6. The van der Waals surface area contributed by atoms with Crippen LogP contribution in [-0.4, -0.2) is 233 Å². The molecule has 0 aliphatic carbocycles. The molecule has 82 heavy (non-hydrogen) atoms. The van der Waals surface area contributed by atoms with Crippen molar-refractivity contribution >= 4 is 71.1 Å². The Morgan fingerprint density at radius 2 is 1.17 bits per heavy atom. The van der Waals surface area contributed by atoms with Gasteiger partial charge in [0.1, 0.15) is 48.4 Å². The first-order valence-corrected chi connectivity index (χ1v) is 28.3. The number of hydrogen-bond acceptors (Lipinski definition) is 18.